The third-order valence-corrected chi connectivity index (χ3v) is 17.5. The van der Waals surface area contributed by atoms with Crippen LogP contribution < -0.4 is 74.5 Å². The molecule has 10 rings (SSSR count). The molecule has 564 valence electrons. The minimum absolute atomic E-state index is 0.0558. The molecule has 27 nitrogen and oxygen atoms in total. The minimum Gasteiger partial charge on any atom is -0.493 e. The molecule has 0 saturated carbocycles. The first kappa shape index (κ1) is 77.7. The Hall–Kier alpha value is -9.90. The fourth-order valence-electron chi connectivity index (χ4n) is 11.9. The molecule has 0 aromatic heterocycles. The fraction of sp³-hybridized carbons (Fsp3) is 0.462. The Balaban J connectivity index is 0.757. The Labute approximate surface area is 611 Å². The highest BCUT2D eigenvalue weighted by Crippen LogP contribution is 2.32. The quantitative estimate of drug-likeness (QED) is 0.0225. The summed E-state index contributed by atoms with van der Waals surface area (Å²) in [6, 6.07) is 33.5. The van der Waals surface area contributed by atoms with Crippen molar-refractivity contribution in [2.45, 2.75) is 134 Å². The standard InChI is InChI=1S/C78H96N6O21/c1-91-67-43-55(49-103-73-10-4-7-31-100-73)19-28-64(67)97-37-34-94-58-22-13-52(14-23-58)40-61-76(88)79-47-71(86)83-63(42-54-17-26-60(27-18-54)96-36-39-99-66-30-21-57(45-69(66)93-3)51-105-75-12-6-9-33-102-75)78(90)81-48-72(87)84-62(77(89)80-46-70(85)82-61)41-53-15-24-59(25-16-53)95-35-38-98-65-29-20-56(44-68(65)92-2)50-104-74-11-5-8-32-101-74/h13-30,43-45,61-63,73-75H,4-12,31-42,46-51H2,1-3H3,(H,79,88)(H,80,89)(H,81,90)(H,82,85)(H,83,86)(H,84,87)/t61-,62-,63?,73?,74?,75?/m0/s1. The Morgan fingerprint density at radius 1 is 0.324 bits per heavy atom. The number of amides is 6. The summed E-state index contributed by atoms with van der Waals surface area (Å²) in [5.74, 6) is 0.308. The van der Waals surface area contributed by atoms with E-state index < -0.39 is 73.2 Å². The van der Waals surface area contributed by atoms with E-state index >= 15 is 0 Å². The van der Waals surface area contributed by atoms with Gasteiger partial charge in [0, 0.05) is 39.1 Å². The second-order valence-corrected chi connectivity index (χ2v) is 25.4. The van der Waals surface area contributed by atoms with Crippen LogP contribution in [0, 0.1) is 0 Å². The number of hydrogen-bond acceptors (Lipinski definition) is 21. The first-order valence-electron chi connectivity index (χ1n) is 35.8. The van der Waals surface area contributed by atoms with Crippen molar-refractivity contribution in [2.24, 2.45) is 0 Å². The summed E-state index contributed by atoms with van der Waals surface area (Å²) in [5, 5.41) is 15.9. The second kappa shape index (κ2) is 41.6. The summed E-state index contributed by atoms with van der Waals surface area (Å²) in [7, 11) is 4.70. The van der Waals surface area contributed by atoms with Crippen LogP contribution in [0.4, 0.5) is 0 Å². The monoisotopic (exact) mass is 1450 g/mol. The van der Waals surface area contributed by atoms with Crippen LogP contribution in [0.5, 0.6) is 51.7 Å². The number of ether oxygens (including phenoxy) is 15. The van der Waals surface area contributed by atoms with Crippen molar-refractivity contribution < 1.29 is 99.8 Å². The van der Waals surface area contributed by atoms with E-state index in [0.717, 1.165) is 74.5 Å². The van der Waals surface area contributed by atoms with Crippen molar-refractivity contribution in [1.82, 2.24) is 31.9 Å². The van der Waals surface area contributed by atoms with Gasteiger partial charge in [0.25, 0.3) is 0 Å². The molecule has 4 aliphatic heterocycles. The maximum atomic E-state index is 14.1. The van der Waals surface area contributed by atoms with Gasteiger partial charge in [-0.05, 0) is 164 Å². The molecule has 0 aliphatic carbocycles. The average molecular weight is 1450 g/mol. The van der Waals surface area contributed by atoms with Gasteiger partial charge in [-0.2, -0.15) is 0 Å². The topological polar surface area (TPSA) is 313 Å². The predicted molar refractivity (Wildman–Crippen MR) is 382 cm³/mol. The molecule has 6 N–H and O–H groups in total. The van der Waals surface area contributed by atoms with E-state index in [1.165, 1.54) is 0 Å². The first-order valence-corrected chi connectivity index (χ1v) is 35.8. The van der Waals surface area contributed by atoms with E-state index in [2.05, 4.69) is 31.9 Å². The van der Waals surface area contributed by atoms with Gasteiger partial charge in [0.15, 0.2) is 53.4 Å². The number of carbonyl (C=O) groups is 6. The van der Waals surface area contributed by atoms with Gasteiger partial charge in [-0.1, -0.05) is 54.6 Å². The SMILES string of the molecule is COc1cc(COC2CCCCO2)ccc1OCCOc1ccc(CC2NC(=O)CNC(=O)[C@H](Cc3ccc(OCCOc4ccc(COC5CCCCO5)cc4OC)cc3)NC(=O)CNC(=O)[C@H](Cc3ccc(OCCOc4ccc(COC5CCCCO5)cc4OC)cc3)NC(=O)CNC2=O)cc1. The number of rotatable bonds is 33. The highest BCUT2D eigenvalue weighted by atomic mass is 16.7. The van der Waals surface area contributed by atoms with Crippen LogP contribution in [0.15, 0.2) is 127 Å². The molecule has 6 aromatic carbocycles. The van der Waals surface area contributed by atoms with Gasteiger partial charge >= 0.3 is 0 Å². The smallest absolute Gasteiger partial charge is 0.243 e. The fourth-order valence-corrected chi connectivity index (χ4v) is 11.9. The van der Waals surface area contributed by atoms with Crippen molar-refractivity contribution >= 4 is 35.4 Å². The molecule has 4 unspecified atom stereocenters. The van der Waals surface area contributed by atoms with E-state index in [1.807, 2.05) is 54.6 Å². The summed E-state index contributed by atoms with van der Waals surface area (Å²) >= 11 is 0. The van der Waals surface area contributed by atoms with Crippen molar-refractivity contribution in [2.75, 3.05) is 100 Å². The zero-order valence-corrected chi connectivity index (χ0v) is 59.8. The van der Waals surface area contributed by atoms with Gasteiger partial charge < -0.3 is 103 Å². The van der Waals surface area contributed by atoms with Crippen LogP contribution in [0.25, 0.3) is 0 Å². The molecule has 4 heterocycles. The van der Waals surface area contributed by atoms with Crippen LogP contribution >= 0.6 is 0 Å². The molecule has 0 bridgehead atoms. The molecule has 0 spiro atoms. The van der Waals surface area contributed by atoms with E-state index in [0.29, 0.717) is 108 Å². The highest BCUT2D eigenvalue weighted by Gasteiger charge is 2.29. The van der Waals surface area contributed by atoms with Crippen LogP contribution in [0.1, 0.15) is 91.2 Å². The second-order valence-electron chi connectivity index (χ2n) is 25.4. The molecular weight excluding hydrogens is 1360 g/mol. The number of nitrogens with one attached hydrogen (secondary N) is 6. The molecule has 6 amide bonds. The van der Waals surface area contributed by atoms with Crippen molar-refractivity contribution in [3.8, 4) is 51.7 Å². The number of methoxy groups -OCH3 is 3. The maximum Gasteiger partial charge on any atom is 0.243 e. The lowest BCUT2D eigenvalue weighted by Crippen LogP contribution is -2.56. The van der Waals surface area contributed by atoms with Gasteiger partial charge in [0.2, 0.25) is 35.4 Å². The molecule has 4 fully saturated rings. The molecule has 4 saturated heterocycles. The van der Waals surface area contributed by atoms with Gasteiger partial charge in [-0.15, -0.1) is 0 Å². The van der Waals surface area contributed by atoms with E-state index in [9.17, 15) is 28.8 Å². The summed E-state index contributed by atoms with van der Waals surface area (Å²) in [5.41, 5.74) is 4.56. The first-order chi connectivity index (χ1) is 51.3. The zero-order chi connectivity index (χ0) is 73.4. The molecule has 0 radical (unpaired) electrons. The number of hydrogen-bond donors (Lipinski definition) is 6. The van der Waals surface area contributed by atoms with Gasteiger partial charge in [-0.25, -0.2) is 0 Å². The lowest BCUT2D eigenvalue weighted by atomic mass is 10.0. The summed E-state index contributed by atoms with van der Waals surface area (Å²) in [4.78, 5) is 83.8. The Kier molecular flexibility index (Phi) is 30.8. The van der Waals surface area contributed by atoms with Crippen LogP contribution in [0.3, 0.4) is 0 Å². The Morgan fingerprint density at radius 2 is 0.590 bits per heavy atom. The third kappa shape index (κ3) is 25.7. The van der Waals surface area contributed by atoms with Crippen molar-refractivity contribution in [3.63, 3.8) is 0 Å². The Bertz CT molecular complexity index is 3350. The van der Waals surface area contributed by atoms with Gasteiger partial charge in [0.05, 0.1) is 60.8 Å². The van der Waals surface area contributed by atoms with Crippen LogP contribution in [-0.2, 0) is 96.3 Å². The molecule has 27 heteroatoms. The van der Waals surface area contributed by atoms with E-state index in [-0.39, 0.29) is 77.8 Å². The number of carbonyl (C=O) groups excluding carboxylic acids is 6. The van der Waals surface area contributed by atoms with Gasteiger partial charge in [-0.3, -0.25) is 28.8 Å². The predicted octanol–water partition coefficient (Wildman–Crippen LogP) is 7.06. The average Bonchev–Trinajstić information content (AvgIpc) is 0.883. The summed E-state index contributed by atoms with van der Waals surface area (Å²) in [6.45, 7) is 2.47. The molecule has 6 aromatic rings. The molecule has 4 aliphatic rings. The molecule has 6 atom stereocenters. The molecular formula is C78H96N6O21. The maximum absolute atomic E-state index is 14.1. The highest BCUT2D eigenvalue weighted by molar-refractivity contribution is 5.96. The number of benzene rings is 6. The molecule has 105 heavy (non-hydrogen) atoms. The summed E-state index contributed by atoms with van der Waals surface area (Å²) < 4.78 is 87.7. The van der Waals surface area contributed by atoms with Crippen LogP contribution in [-0.4, -0.2) is 173 Å². The van der Waals surface area contributed by atoms with E-state index in [4.69, 9.17) is 71.1 Å². The van der Waals surface area contributed by atoms with Crippen molar-refractivity contribution in [3.05, 3.63) is 161 Å². The summed E-state index contributed by atoms with van der Waals surface area (Å²) in [6.07, 6.45) is 8.04. The lowest BCUT2D eigenvalue weighted by molar-refractivity contribution is -0.169. The minimum atomic E-state index is -1.27. The van der Waals surface area contributed by atoms with Gasteiger partial charge in [0.1, 0.15) is 75.0 Å². The normalized spacial score (nSPS) is 20.0. The Morgan fingerprint density at radius 3 is 0.848 bits per heavy atom. The zero-order valence-electron chi connectivity index (χ0n) is 59.8. The third-order valence-electron chi connectivity index (χ3n) is 17.5. The lowest BCUT2D eigenvalue weighted by Gasteiger charge is -2.23. The van der Waals surface area contributed by atoms with Crippen LogP contribution in [0.2, 0.25) is 0 Å². The largest absolute Gasteiger partial charge is 0.493 e. The van der Waals surface area contributed by atoms with E-state index in [1.54, 1.807) is 94.1 Å². The van der Waals surface area contributed by atoms with Crippen molar-refractivity contribution in [1.29, 1.82) is 0 Å².